The summed E-state index contributed by atoms with van der Waals surface area (Å²) in [4.78, 5) is 8.90. The van der Waals surface area contributed by atoms with E-state index in [2.05, 4.69) is 50.3 Å². The molecule has 4 nitrogen and oxygen atoms in total. The molecule has 1 aliphatic rings. The first-order valence-corrected chi connectivity index (χ1v) is 7.46. The molecule has 1 aliphatic carbocycles. The van der Waals surface area contributed by atoms with Gasteiger partial charge in [0.1, 0.15) is 5.82 Å². The van der Waals surface area contributed by atoms with Gasteiger partial charge >= 0.3 is 0 Å². The molecule has 4 rings (SSSR count). The number of hydrogen-bond acceptors (Lipinski definition) is 3. The second kappa shape index (κ2) is 5.30. The molecule has 3 aromatic rings. The smallest absolute Gasteiger partial charge is 0.122 e. The lowest BCUT2D eigenvalue weighted by Crippen LogP contribution is -2.19. The Morgan fingerprint density at radius 1 is 1.10 bits per heavy atom. The fraction of sp³-hybridized carbons (Fsp3) is 0.294. The van der Waals surface area contributed by atoms with Gasteiger partial charge in [-0.25, -0.2) is 4.98 Å². The third-order valence-corrected chi connectivity index (χ3v) is 4.01. The van der Waals surface area contributed by atoms with Crippen molar-refractivity contribution in [1.29, 1.82) is 0 Å². The fourth-order valence-electron chi connectivity index (χ4n) is 2.65. The number of nitrogens with zero attached hydrogens (tertiary/aromatic N) is 3. The summed E-state index contributed by atoms with van der Waals surface area (Å²) in [5.74, 6) is 1.10. The van der Waals surface area contributed by atoms with Gasteiger partial charge in [-0.15, -0.1) is 0 Å². The Morgan fingerprint density at radius 2 is 2.00 bits per heavy atom. The maximum Gasteiger partial charge on any atom is 0.122 e. The quantitative estimate of drug-likeness (QED) is 0.780. The molecule has 2 heterocycles. The minimum atomic E-state index is 0.705. The monoisotopic (exact) mass is 278 g/mol. The zero-order valence-electron chi connectivity index (χ0n) is 11.9. The van der Waals surface area contributed by atoms with E-state index >= 15 is 0 Å². The highest BCUT2D eigenvalue weighted by Gasteiger charge is 2.20. The van der Waals surface area contributed by atoms with Crippen molar-refractivity contribution in [2.24, 2.45) is 0 Å². The predicted octanol–water partition coefficient (Wildman–Crippen LogP) is 2.73. The first-order valence-electron chi connectivity index (χ1n) is 7.46. The summed E-state index contributed by atoms with van der Waals surface area (Å²) in [6, 6.07) is 11.1. The van der Waals surface area contributed by atoms with E-state index in [4.69, 9.17) is 0 Å². The number of benzene rings is 1. The van der Waals surface area contributed by atoms with Crippen molar-refractivity contribution >= 4 is 10.9 Å². The van der Waals surface area contributed by atoms with Crippen LogP contribution >= 0.6 is 0 Å². The number of hydrogen-bond donors (Lipinski definition) is 1. The number of rotatable bonds is 5. The molecule has 4 heteroatoms. The van der Waals surface area contributed by atoms with E-state index in [1.165, 1.54) is 23.8 Å². The normalized spacial score (nSPS) is 14.7. The van der Waals surface area contributed by atoms with E-state index in [-0.39, 0.29) is 0 Å². The maximum atomic E-state index is 4.48. The number of nitrogens with one attached hydrogen (secondary N) is 1. The summed E-state index contributed by atoms with van der Waals surface area (Å²) in [5, 5.41) is 4.74. The third-order valence-electron chi connectivity index (χ3n) is 4.01. The van der Waals surface area contributed by atoms with Gasteiger partial charge < -0.3 is 9.88 Å². The lowest BCUT2D eigenvalue weighted by atomic mass is 10.1. The third kappa shape index (κ3) is 2.67. The van der Waals surface area contributed by atoms with Crippen molar-refractivity contribution in [3.63, 3.8) is 0 Å². The molecule has 1 N–H and O–H groups in total. The van der Waals surface area contributed by atoms with Crippen LogP contribution in [0.4, 0.5) is 0 Å². The summed E-state index contributed by atoms with van der Waals surface area (Å²) < 4.78 is 2.22. The van der Waals surface area contributed by atoms with E-state index in [9.17, 15) is 0 Å². The van der Waals surface area contributed by atoms with Gasteiger partial charge in [0.2, 0.25) is 0 Å². The average molecular weight is 278 g/mol. The van der Waals surface area contributed by atoms with Gasteiger partial charge in [-0.1, -0.05) is 18.2 Å². The predicted molar refractivity (Wildman–Crippen MR) is 82.9 cm³/mol. The average Bonchev–Trinajstić information content (AvgIpc) is 3.25. The van der Waals surface area contributed by atoms with Gasteiger partial charge in [-0.05, 0) is 30.5 Å². The van der Waals surface area contributed by atoms with E-state index in [0.717, 1.165) is 24.4 Å². The fourth-order valence-corrected chi connectivity index (χ4v) is 2.65. The van der Waals surface area contributed by atoms with Crippen LogP contribution in [0, 0.1) is 0 Å². The van der Waals surface area contributed by atoms with Crippen LogP contribution in [0.25, 0.3) is 10.9 Å². The lowest BCUT2D eigenvalue weighted by molar-refractivity contribution is 0.619. The van der Waals surface area contributed by atoms with Gasteiger partial charge in [-0.3, -0.25) is 4.98 Å². The largest absolute Gasteiger partial charge is 0.329 e. The molecule has 0 aliphatic heterocycles. The molecule has 106 valence electrons. The van der Waals surface area contributed by atoms with Gasteiger partial charge in [-0.2, -0.15) is 0 Å². The van der Waals surface area contributed by atoms with Crippen LogP contribution in [0.2, 0.25) is 0 Å². The molecule has 0 amide bonds. The zero-order chi connectivity index (χ0) is 14.1. The van der Waals surface area contributed by atoms with Crippen LogP contribution in [0.1, 0.15) is 24.2 Å². The molecular weight excluding hydrogens is 260 g/mol. The summed E-state index contributed by atoms with van der Waals surface area (Å²) in [5.41, 5.74) is 2.33. The minimum Gasteiger partial charge on any atom is -0.329 e. The molecule has 21 heavy (non-hydrogen) atoms. The molecule has 0 bridgehead atoms. The number of fused-ring (bicyclic) bond motifs is 1. The van der Waals surface area contributed by atoms with Crippen molar-refractivity contribution in [1.82, 2.24) is 19.9 Å². The second-order valence-electron chi connectivity index (χ2n) is 5.61. The van der Waals surface area contributed by atoms with Crippen LogP contribution in [-0.2, 0) is 13.1 Å². The highest BCUT2D eigenvalue weighted by molar-refractivity contribution is 5.81. The Balaban J connectivity index is 1.61. The Morgan fingerprint density at radius 3 is 2.90 bits per heavy atom. The molecule has 1 aromatic carbocycles. The Hall–Kier alpha value is -2.20. The molecule has 2 aromatic heterocycles. The highest BCUT2D eigenvalue weighted by Crippen LogP contribution is 2.20. The first-order chi connectivity index (χ1) is 10.4. The van der Waals surface area contributed by atoms with Crippen LogP contribution in [0.15, 0.2) is 48.9 Å². The molecule has 1 saturated carbocycles. The lowest BCUT2D eigenvalue weighted by Gasteiger charge is -2.10. The van der Waals surface area contributed by atoms with Crippen LogP contribution in [0.5, 0.6) is 0 Å². The zero-order valence-corrected chi connectivity index (χ0v) is 11.9. The van der Waals surface area contributed by atoms with Crippen molar-refractivity contribution in [2.45, 2.75) is 32.0 Å². The minimum absolute atomic E-state index is 0.705. The molecule has 0 unspecified atom stereocenters. The highest BCUT2D eigenvalue weighted by atomic mass is 15.1. The summed E-state index contributed by atoms with van der Waals surface area (Å²) in [7, 11) is 0. The molecular formula is C17H18N4. The Kier molecular flexibility index (Phi) is 3.16. The van der Waals surface area contributed by atoms with Crippen molar-refractivity contribution in [2.75, 3.05) is 0 Å². The number of para-hydroxylation sites is 1. The van der Waals surface area contributed by atoms with Crippen molar-refractivity contribution < 1.29 is 0 Å². The maximum absolute atomic E-state index is 4.48. The van der Waals surface area contributed by atoms with E-state index < -0.39 is 0 Å². The summed E-state index contributed by atoms with van der Waals surface area (Å²) >= 11 is 0. The molecule has 1 fully saturated rings. The summed E-state index contributed by atoms with van der Waals surface area (Å²) in [6.45, 7) is 1.69. The van der Waals surface area contributed by atoms with Crippen molar-refractivity contribution in [3.8, 4) is 0 Å². The SMILES string of the molecule is c1ccc2c(Cn3ccnc3CNC3CC3)ccnc2c1. The number of imidazole rings is 1. The molecule has 0 spiro atoms. The van der Waals surface area contributed by atoms with E-state index in [1.54, 1.807) is 0 Å². The number of aromatic nitrogens is 3. The molecule has 0 atom stereocenters. The van der Waals surface area contributed by atoms with Gasteiger partial charge in [0.25, 0.3) is 0 Å². The van der Waals surface area contributed by atoms with Crippen molar-refractivity contribution in [3.05, 3.63) is 60.3 Å². The van der Waals surface area contributed by atoms with Crippen LogP contribution < -0.4 is 5.32 Å². The summed E-state index contributed by atoms with van der Waals surface area (Å²) in [6.07, 6.45) is 8.43. The van der Waals surface area contributed by atoms with Gasteiger partial charge in [0.15, 0.2) is 0 Å². The molecule has 0 saturated heterocycles. The number of pyridine rings is 1. The van der Waals surface area contributed by atoms with Gasteiger partial charge in [0, 0.05) is 36.6 Å². The van der Waals surface area contributed by atoms with Crippen LogP contribution in [0.3, 0.4) is 0 Å². The second-order valence-corrected chi connectivity index (χ2v) is 5.61. The topological polar surface area (TPSA) is 42.7 Å². The van der Waals surface area contributed by atoms with Gasteiger partial charge in [0.05, 0.1) is 12.1 Å². The first kappa shape index (κ1) is 12.5. The van der Waals surface area contributed by atoms with E-state index in [0.29, 0.717) is 6.04 Å². The molecule has 0 radical (unpaired) electrons. The van der Waals surface area contributed by atoms with Crippen LogP contribution in [-0.4, -0.2) is 20.6 Å². The standard InChI is InChI=1S/C17H18N4/c1-2-4-16-15(3-1)13(7-8-18-16)12-21-10-9-19-17(21)11-20-14-5-6-14/h1-4,7-10,14,20H,5-6,11-12H2. The Bertz CT molecular complexity index is 753. The van der Waals surface area contributed by atoms with E-state index in [1.807, 2.05) is 18.5 Å². The Labute approximate surface area is 123 Å².